The smallest absolute Gasteiger partial charge is 0.273 e. The summed E-state index contributed by atoms with van der Waals surface area (Å²) in [6.07, 6.45) is 1.71. The molecular weight excluding hydrogens is 196 g/mol. The normalized spacial score (nSPS) is 12.8. The van der Waals surface area contributed by atoms with Crippen LogP contribution in [0.25, 0.3) is 0 Å². The van der Waals surface area contributed by atoms with Crippen LogP contribution in [0.2, 0.25) is 0 Å². The number of nitrogens with zero attached hydrogens (tertiary/aromatic N) is 1. The monoisotopic (exact) mass is 206 g/mol. The number of alkyl halides is 1. The zero-order valence-electron chi connectivity index (χ0n) is 6.57. The Labute approximate surface area is 80.5 Å². The number of nitrogens with two attached hydrogens (primary N) is 1. The molecule has 0 aromatic carbocycles. The molecule has 0 spiro atoms. The first kappa shape index (κ1) is 9.77. The van der Waals surface area contributed by atoms with E-state index in [1.807, 2.05) is 5.38 Å². The van der Waals surface area contributed by atoms with E-state index in [9.17, 15) is 0 Å². The van der Waals surface area contributed by atoms with Crippen LogP contribution in [0.5, 0.6) is 5.19 Å². The molecule has 3 nitrogen and oxygen atoms in total. The molecule has 1 heterocycles. The first-order valence-electron chi connectivity index (χ1n) is 3.65. The molecule has 0 fully saturated rings. The van der Waals surface area contributed by atoms with Crippen molar-refractivity contribution in [3.05, 3.63) is 11.6 Å². The SMILES string of the molecule is NCC(CCl)COc1nccs1. The lowest BCUT2D eigenvalue weighted by Crippen LogP contribution is -2.22. The minimum atomic E-state index is 0.218. The lowest BCUT2D eigenvalue weighted by molar-refractivity contribution is 0.264. The minimum Gasteiger partial charge on any atom is -0.470 e. The van der Waals surface area contributed by atoms with Gasteiger partial charge in [0.2, 0.25) is 0 Å². The highest BCUT2D eigenvalue weighted by molar-refractivity contribution is 7.11. The summed E-state index contributed by atoms with van der Waals surface area (Å²) in [5.41, 5.74) is 5.44. The molecule has 0 radical (unpaired) electrons. The van der Waals surface area contributed by atoms with Gasteiger partial charge in [-0.3, -0.25) is 0 Å². The Kier molecular flexibility index (Phi) is 4.35. The Morgan fingerprint density at radius 2 is 2.58 bits per heavy atom. The maximum atomic E-state index is 5.63. The molecule has 0 aliphatic carbocycles. The van der Waals surface area contributed by atoms with Gasteiger partial charge in [0.25, 0.3) is 5.19 Å². The second-order valence-electron chi connectivity index (χ2n) is 2.37. The summed E-state index contributed by atoms with van der Waals surface area (Å²) >= 11 is 7.10. The van der Waals surface area contributed by atoms with Crippen molar-refractivity contribution < 1.29 is 4.74 Å². The molecule has 2 N–H and O–H groups in total. The van der Waals surface area contributed by atoms with Crippen molar-refractivity contribution in [3.63, 3.8) is 0 Å². The predicted molar refractivity (Wildman–Crippen MR) is 50.9 cm³/mol. The third kappa shape index (κ3) is 2.97. The summed E-state index contributed by atoms with van der Waals surface area (Å²) in [6, 6.07) is 0. The molecule has 0 bridgehead atoms. The van der Waals surface area contributed by atoms with E-state index >= 15 is 0 Å². The van der Waals surface area contributed by atoms with Crippen LogP contribution in [0.1, 0.15) is 0 Å². The molecule has 68 valence electrons. The third-order valence-electron chi connectivity index (χ3n) is 1.40. The zero-order chi connectivity index (χ0) is 8.81. The highest BCUT2D eigenvalue weighted by Gasteiger charge is 2.06. The van der Waals surface area contributed by atoms with Crippen LogP contribution in [-0.2, 0) is 0 Å². The van der Waals surface area contributed by atoms with E-state index in [1.54, 1.807) is 6.20 Å². The van der Waals surface area contributed by atoms with Gasteiger partial charge in [-0.15, -0.1) is 11.6 Å². The molecule has 1 unspecified atom stereocenters. The van der Waals surface area contributed by atoms with E-state index in [1.165, 1.54) is 11.3 Å². The quantitative estimate of drug-likeness (QED) is 0.740. The summed E-state index contributed by atoms with van der Waals surface area (Å²) in [5.74, 6) is 0.748. The Bertz CT molecular complexity index is 201. The van der Waals surface area contributed by atoms with Crippen LogP contribution in [0.3, 0.4) is 0 Å². The van der Waals surface area contributed by atoms with Gasteiger partial charge in [0.05, 0.1) is 6.61 Å². The number of aromatic nitrogens is 1. The number of hydrogen-bond acceptors (Lipinski definition) is 4. The summed E-state index contributed by atoms with van der Waals surface area (Å²) < 4.78 is 5.33. The standard InChI is InChI=1S/C7H11ClN2OS/c8-3-6(4-9)5-11-7-10-1-2-12-7/h1-2,6H,3-5,9H2. The minimum absolute atomic E-state index is 0.218. The van der Waals surface area contributed by atoms with Crippen LogP contribution in [0, 0.1) is 5.92 Å². The van der Waals surface area contributed by atoms with Crippen molar-refractivity contribution in [1.29, 1.82) is 0 Å². The van der Waals surface area contributed by atoms with Gasteiger partial charge in [-0.05, 0) is 6.54 Å². The Morgan fingerprint density at radius 3 is 3.08 bits per heavy atom. The van der Waals surface area contributed by atoms with E-state index in [0.717, 1.165) is 0 Å². The maximum Gasteiger partial charge on any atom is 0.273 e. The maximum absolute atomic E-state index is 5.63. The van der Waals surface area contributed by atoms with Gasteiger partial charge in [-0.1, -0.05) is 11.3 Å². The van der Waals surface area contributed by atoms with Crippen molar-refractivity contribution >= 4 is 22.9 Å². The largest absolute Gasteiger partial charge is 0.470 e. The molecule has 0 saturated carbocycles. The van der Waals surface area contributed by atoms with Gasteiger partial charge in [-0.2, -0.15) is 0 Å². The van der Waals surface area contributed by atoms with Gasteiger partial charge in [0.15, 0.2) is 0 Å². The Hall–Kier alpha value is -0.320. The van der Waals surface area contributed by atoms with E-state index < -0.39 is 0 Å². The fourth-order valence-electron chi connectivity index (χ4n) is 0.646. The molecule has 1 aromatic heterocycles. The predicted octanol–water partition coefficient (Wildman–Crippen LogP) is 1.34. The molecule has 0 saturated heterocycles. The van der Waals surface area contributed by atoms with Crippen molar-refractivity contribution in [1.82, 2.24) is 4.98 Å². The molecule has 1 aromatic rings. The van der Waals surface area contributed by atoms with Gasteiger partial charge < -0.3 is 10.5 Å². The number of halogens is 1. The topological polar surface area (TPSA) is 48.1 Å². The number of thiazole rings is 1. The first-order chi connectivity index (χ1) is 5.86. The van der Waals surface area contributed by atoms with E-state index in [0.29, 0.717) is 24.2 Å². The van der Waals surface area contributed by atoms with Crippen LogP contribution >= 0.6 is 22.9 Å². The zero-order valence-corrected chi connectivity index (χ0v) is 8.14. The fourth-order valence-corrected chi connectivity index (χ4v) is 1.36. The van der Waals surface area contributed by atoms with Crippen LogP contribution in [0.15, 0.2) is 11.6 Å². The first-order valence-corrected chi connectivity index (χ1v) is 5.06. The Morgan fingerprint density at radius 1 is 1.75 bits per heavy atom. The van der Waals surface area contributed by atoms with Crippen LogP contribution in [-0.4, -0.2) is 24.0 Å². The molecule has 12 heavy (non-hydrogen) atoms. The summed E-state index contributed by atoms with van der Waals surface area (Å²) in [7, 11) is 0. The third-order valence-corrected chi connectivity index (χ3v) is 2.52. The molecular formula is C7H11ClN2OS. The second kappa shape index (κ2) is 5.35. The molecule has 0 aliphatic heterocycles. The lowest BCUT2D eigenvalue weighted by atomic mass is 10.2. The second-order valence-corrected chi connectivity index (χ2v) is 3.53. The fraction of sp³-hybridized carbons (Fsp3) is 0.571. The Balaban J connectivity index is 2.25. The molecule has 5 heteroatoms. The average Bonchev–Trinajstić information content (AvgIpc) is 2.59. The average molecular weight is 207 g/mol. The summed E-state index contributed by atoms with van der Waals surface area (Å²) in [4.78, 5) is 3.97. The van der Waals surface area contributed by atoms with Crippen molar-refractivity contribution in [2.75, 3.05) is 19.0 Å². The molecule has 1 atom stereocenters. The lowest BCUT2D eigenvalue weighted by Gasteiger charge is -2.09. The van der Waals surface area contributed by atoms with Crippen molar-refractivity contribution in [3.8, 4) is 5.19 Å². The highest BCUT2D eigenvalue weighted by Crippen LogP contribution is 2.14. The number of ether oxygens (including phenoxy) is 1. The van der Waals surface area contributed by atoms with Gasteiger partial charge >= 0.3 is 0 Å². The van der Waals surface area contributed by atoms with Gasteiger partial charge in [0.1, 0.15) is 0 Å². The van der Waals surface area contributed by atoms with E-state index in [2.05, 4.69) is 4.98 Å². The van der Waals surface area contributed by atoms with E-state index in [-0.39, 0.29) is 5.92 Å². The number of rotatable bonds is 5. The van der Waals surface area contributed by atoms with Crippen LogP contribution in [0.4, 0.5) is 0 Å². The van der Waals surface area contributed by atoms with Crippen LogP contribution < -0.4 is 10.5 Å². The van der Waals surface area contributed by atoms with E-state index in [4.69, 9.17) is 22.1 Å². The van der Waals surface area contributed by atoms with Gasteiger partial charge in [0, 0.05) is 23.4 Å². The summed E-state index contributed by atoms with van der Waals surface area (Å²) in [5, 5.41) is 2.55. The number of hydrogen-bond donors (Lipinski definition) is 1. The molecule has 0 amide bonds. The van der Waals surface area contributed by atoms with Crippen molar-refractivity contribution in [2.24, 2.45) is 11.7 Å². The summed E-state index contributed by atoms with van der Waals surface area (Å²) in [6.45, 7) is 1.10. The van der Waals surface area contributed by atoms with Gasteiger partial charge in [-0.25, -0.2) is 4.98 Å². The molecule has 0 aliphatic rings. The highest BCUT2D eigenvalue weighted by atomic mass is 35.5. The van der Waals surface area contributed by atoms with Crippen molar-refractivity contribution in [2.45, 2.75) is 0 Å². The molecule has 1 rings (SSSR count).